The number of carbonyl (C=O) groups is 1. The van der Waals surface area contributed by atoms with Gasteiger partial charge in [-0.3, -0.25) is 24.3 Å². The number of hydrogen-bond donors (Lipinski definition) is 2. The van der Waals surface area contributed by atoms with Crippen molar-refractivity contribution >= 4 is 16.9 Å². The molecule has 1 atom stereocenters. The summed E-state index contributed by atoms with van der Waals surface area (Å²) >= 11 is 0. The number of nitrogens with one attached hydrogen (secondary N) is 2. The van der Waals surface area contributed by atoms with E-state index in [-0.39, 0.29) is 30.5 Å². The molecule has 8 nitrogen and oxygen atoms in total. The second-order valence-corrected chi connectivity index (χ2v) is 8.76. The molecule has 0 bridgehead atoms. The molecule has 0 saturated carbocycles. The highest BCUT2D eigenvalue weighted by molar-refractivity contribution is 5.84. The molecule has 1 aromatic carbocycles. The third kappa shape index (κ3) is 5.25. The number of nitrogens with zero attached hydrogens (tertiary/aromatic N) is 3. The molecule has 1 aliphatic heterocycles. The van der Waals surface area contributed by atoms with Gasteiger partial charge in [0, 0.05) is 32.4 Å². The normalized spacial score (nSPS) is 15.9. The Morgan fingerprint density at radius 1 is 1.20 bits per heavy atom. The molecule has 0 radical (unpaired) electrons. The van der Waals surface area contributed by atoms with Gasteiger partial charge in [-0.25, -0.2) is 4.98 Å². The lowest BCUT2D eigenvalue weighted by molar-refractivity contribution is -0.137. The maximum Gasteiger partial charge on any atom is 0.416 e. The molecule has 35 heavy (non-hydrogen) atoms. The number of fused-ring (bicyclic) bond motifs is 1. The van der Waals surface area contributed by atoms with Crippen LogP contribution in [-0.2, 0) is 29.2 Å². The molecule has 0 spiro atoms. The van der Waals surface area contributed by atoms with Crippen molar-refractivity contribution in [2.24, 2.45) is 7.05 Å². The maximum absolute atomic E-state index is 13.0. The average molecular weight is 492 g/mol. The fraction of sp³-hybridized carbons (Fsp3) is 0.458. The first-order chi connectivity index (χ1) is 16.6. The number of ether oxygens (including phenoxy) is 1. The highest BCUT2D eigenvalue weighted by atomic mass is 19.4. The first-order valence-electron chi connectivity index (χ1n) is 11.4. The summed E-state index contributed by atoms with van der Waals surface area (Å²) in [7, 11) is 1.70. The van der Waals surface area contributed by atoms with E-state index in [1.165, 1.54) is 12.1 Å². The van der Waals surface area contributed by atoms with Gasteiger partial charge in [-0.1, -0.05) is 12.1 Å². The van der Waals surface area contributed by atoms with Crippen molar-refractivity contribution in [2.75, 3.05) is 32.8 Å². The van der Waals surface area contributed by atoms with Crippen LogP contribution < -0.4 is 10.9 Å². The van der Waals surface area contributed by atoms with Gasteiger partial charge in [0.05, 0.1) is 36.6 Å². The molecule has 1 aliphatic rings. The SMILES string of the molecule is Cc1nc2c(c(C)c1CC(=O)NCC(c1ccc(C(F)(F)F)cc1)N1CCOCC1)c(=O)[nH]n2C. The molecule has 188 valence electrons. The van der Waals surface area contributed by atoms with Gasteiger partial charge >= 0.3 is 6.18 Å². The number of carbonyl (C=O) groups excluding carboxylic acids is 1. The fourth-order valence-electron chi connectivity index (χ4n) is 4.58. The lowest BCUT2D eigenvalue weighted by atomic mass is 10.0. The molecule has 2 N–H and O–H groups in total. The number of pyridine rings is 1. The Labute approximate surface area is 200 Å². The smallest absolute Gasteiger partial charge is 0.379 e. The summed E-state index contributed by atoms with van der Waals surface area (Å²) in [6.45, 7) is 6.07. The fourth-order valence-corrected chi connectivity index (χ4v) is 4.58. The minimum Gasteiger partial charge on any atom is -0.379 e. The van der Waals surface area contributed by atoms with E-state index in [1.807, 2.05) is 0 Å². The Morgan fingerprint density at radius 3 is 2.49 bits per heavy atom. The highest BCUT2D eigenvalue weighted by Gasteiger charge is 2.31. The highest BCUT2D eigenvalue weighted by Crippen LogP contribution is 2.31. The molecule has 2 aromatic heterocycles. The Morgan fingerprint density at radius 2 is 1.86 bits per heavy atom. The van der Waals surface area contributed by atoms with Crippen molar-refractivity contribution in [3.8, 4) is 0 Å². The van der Waals surface area contributed by atoms with Crippen molar-refractivity contribution < 1.29 is 22.7 Å². The van der Waals surface area contributed by atoms with Crippen molar-refractivity contribution in [2.45, 2.75) is 32.5 Å². The Bertz CT molecular complexity index is 1270. The second kappa shape index (κ2) is 9.82. The van der Waals surface area contributed by atoms with E-state index >= 15 is 0 Å². The molecular weight excluding hydrogens is 463 g/mol. The summed E-state index contributed by atoms with van der Waals surface area (Å²) in [6, 6.07) is 4.75. The first kappa shape index (κ1) is 24.9. The lowest BCUT2D eigenvalue weighted by Crippen LogP contribution is -2.44. The molecular formula is C24H28F3N5O3. The van der Waals surface area contributed by atoms with E-state index in [9.17, 15) is 22.8 Å². The van der Waals surface area contributed by atoms with Gasteiger partial charge in [-0.05, 0) is 42.7 Å². The lowest BCUT2D eigenvalue weighted by Gasteiger charge is -2.35. The van der Waals surface area contributed by atoms with Gasteiger partial charge in [-0.2, -0.15) is 13.2 Å². The number of aromatic amines is 1. The van der Waals surface area contributed by atoms with Gasteiger partial charge < -0.3 is 10.1 Å². The van der Waals surface area contributed by atoms with Crippen LogP contribution in [0.4, 0.5) is 13.2 Å². The third-order valence-corrected chi connectivity index (χ3v) is 6.51. The summed E-state index contributed by atoms with van der Waals surface area (Å²) in [5, 5.41) is 6.07. The van der Waals surface area contributed by atoms with Crippen LogP contribution in [0.3, 0.4) is 0 Å². The number of alkyl halides is 3. The zero-order chi connectivity index (χ0) is 25.3. The number of benzene rings is 1. The monoisotopic (exact) mass is 491 g/mol. The summed E-state index contributed by atoms with van der Waals surface area (Å²) in [4.78, 5) is 31.8. The van der Waals surface area contributed by atoms with Crippen LogP contribution in [0.15, 0.2) is 29.1 Å². The van der Waals surface area contributed by atoms with Crippen molar-refractivity contribution in [1.29, 1.82) is 0 Å². The summed E-state index contributed by atoms with van der Waals surface area (Å²) in [5.41, 5.74) is 2.29. The standard InChI is InChI=1S/C24H28F3N5O3/c1-14-18(15(2)29-22-21(14)23(34)30-31(22)3)12-20(33)28-13-19(32-8-10-35-11-9-32)16-4-6-17(7-5-16)24(25,26)27/h4-7,19H,8-13H2,1-3H3,(H,28,33)(H,30,34). The number of morpholine rings is 1. The van der Waals surface area contributed by atoms with Crippen LogP contribution in [0.2, 0.25) is 0 Å². The van der Waals surface area contributed by atoms with Crippen LogP contribution in [0.25, 0.3) is 11.0 Å². The van der Waals surface area contributed by atoms with E-state index < -0.39 is 11.7 Å². The Kier molecular flexibility index (Phi) is 7.00. The molecule has 11 heteroatoms. The van der Waals surface area contributed by atoms with Crippen LogP contribution in [0.1, 0.15) is 34.0 Å². The number of halogens is 3. The molecule has 1 unspecified atom stereocenters. The second-order valence-electron chi connectivity index (χ2n) is 8.76. The molecule has 3 heterocycles. The van der Waals surface area contributed by atoms with Crippen LogP contribution in [-0.4, -0.2) is 58.4 Å². The third-order valence-electron chi connectivity index (χ3n) is 6.51. The molecule has 1 amide bonds. The van der Waals surface area contributed by atoms with Gasteiger partial charge in [0.15, 0.2) is 5.65 Å². The number of amides is 1. The minimum absolute atomic E-state index is 0.0395. The van der Waals surface area contributed by atoms with E-state index in [0.29, 0.717) is 59.7 Å². The number of aryl methyl sites for hydroxylation is 3. The van der Waals surface area contributed by atoms with E-state index in [4.69, 9.17) is 4.74 Å². The largest absolute Gasteiger partial charge is 0.416 e. The Balaban J connectivity index is 1.52. The predicted molar refractivity (Wildman–Crippen MR) is 124 cm³/mol. The summed E-state index contributed by atoms with van der Waals surface area (Å²) in [6.07, 6.45) is -4.37. The molecule has 4 rings (SSSR count). The molecule has 1 saturated heterocycles. The van der Waals surface area contributed by atoms with E-state index in [1.54, 1.807) is 25.6 Å². The van der Waals surface area contributed by atoms with Crippen molar-refractivity contribution in [1.82, 2.24) is 25.0 Å². The number of hydrogen-bond acceptors (Lipinski definition) is 5. The molecule has 1 fully saturated rings. The van der Waals surface area contributed by atoms with Crippen molar-refractivity contribution in [3.63, 3.8) is 0 Å². The average Bonchev–Trinajstić information content (AvgIpc) is 3.10. The molecule has 0 aliphatic carbocycles. The van der Waals surface area contributed by atoms with Crippen LogP contribution in [0, 0.1) is 13.8 Å². The molecule has 3 aromatic rings. The van der Waals surface area contributed by atoms with E-state index in [0.717, 1.165) is 12.1 Å². The first-order valence-corrected chi connectivity index (χ1v) is 11.4. The number of H-pyrrole nitrogens is 1. The zero-order valence-corrected chi connectivity index (χ0v) is 19.8. The number of rotatable bonds is 6. The predicted octanol–water partition coefficient (Wildman–Crippen LogP) is 2.63. The van der Waals surface area contributed by atoms with Crippen LogP contribution in [0.5, 0.6) is 0 Å². The number of aromatic nitrogens is 3. The van der Waals surface area contributed by atoms with Gasteiger partial charge in [-0.15, -0.1) is 0 Å². The minimum atomic E-state index is -4.41. The Hall–Kier alpha value is -3.18. The van der Waals surface area contributed by atoms with Gasteiger partial charge in [0.25, 0.3) is 5.56 Å². The zero-order valence-electron chi connectivity index (χ0n) is 19.8. The topological polar surface area (TPSA) is 92.2 Å². The summed E-state index contributed by atoms with van der Waals surface area (Å²) < 4.78 is 46.0. The van der Waals surface area contributed by atoms with Crippen molar-refractivity contribution in [3.05, 3.63) is 62.6 Å². The van der Waals surface area contributed by atoms with Crippen LogP contribution >= 0.6 is 0 Å². The van der Waals surface area contributed by atoms with E-state index in [2.05, 4.69) is 20.3 Å². The van der Waals surface area contributed by atoms with Gasteiger partial charge in [0.2, 0.25) is 5.91 Å². The summed E-state index contributed by atoms with van der Waals surface area (Å²) in [5.74, 6) is -0.255. The quantitative estimate of drug-likeness (QED) is 0.553. The maximum atomic E-state index is 13.0. The van der Waals surface area contributed by atoms with Gasteiger partial charge in [0.1, 0.15) is 0 Å².